The van der Waals surface area contributed by atoms with Crippen LogP contribution in [-0.2, 0) is 18.2 Å². The summed E-state index contributed by atoms with van der Waals surface area (Å²) in [5.74, 6) is 1.31. The van der Waals surface area contributed by atoms with Gasteiger partial charge in [0.05, 0.1) is 17.6 Å². The molecule has 0 fully saturated rings. The number of hydrogen-bond donors (Lipinski definition) is 1. The molecule has 0 aliphatic carbocycles. The molecule has 2 aromatic heterocycles. The lowest BCUT2D eigenvalue weighted by molar-refractivity contribution is 0.0584. The minimum absolute atomic E-state index is 0.311. The van der Waals surface area contributed by atoms with E-state index in [-0.39, 0.29) is 6.09 Å². The molecule has 1 aliphatic heterocycles. The number of benzene rings is 1. The lowest BCUT2D eigenvalue weighted by Gasteiger charge is -2.24. The summed E-state index contributed by atoms with van der Waals surface area (Å²) >= 11 is 0. The second-order valence-corrected chi connectivity index (χ2v) is 7.96. The van der Waals surface area contributed by atoms with Crippen LogP contribution in [0, 0.1) is 0 Å². The number of carbonyl (C=O) groups is 1. The second kappa shape index (κ2) is 7.20. The largest absolute Gasteiger partial charge is 0.443 e. The van der Waals surface area contributed by atoms with Crippen LogP contribution >= 0.6 is 0 Å². The molecule has 1 N–H and O–H groups in total. The van der Waals surface area contributed by atoms with Gasteiger partial charge in [-0.15, -0.1) is 0 Å². The number of rotatable bonds is 3. The van der Waals surface area contributed by atoms with Crippen molar-refractivity contribution in [3.05, 3.63) is 48.3 Å². The highest BCUT2D eigenvalue weighted by molar-refractivity contribution is 5.91. The Kier molecular flexibility index (Phi) is 4.70. The van der Waals surface area contributed by atoms with E-state index in [1.54, 1.807) is 22.0 Å². The van der Waals surface area contributed by atoms with Gasteiger partial charge in [-0.25, -0.2) is 14.8 Å². The van der Waals surface area contributed by atoms with Gasteiger partial charge in [-0.1, -0.05) is 6.07 Å². The van der Waals surface area contributed by atoms with Crippen molar-refractivity contribution in [1.29, 1.82) is 0 Å². The van der Waals surface area contributed by atoms with E-state index in [0.717, 1.165) is 34.7 Å². The molecule has 150 valence electrons. The van der Waals surface area contributed by atoms with E-state index in [0.29, 0.717) is 12.5 Å². The van der Waals surface area contributed by atoms with Crippen LogP contribution in [0.5, 0.6) is 0 Å². The number of fused-ring (bicyclic) bond motifs is 1. The van der Waals surface area contributed by atoms with Crippen molar-refractivity contribution in [2.24, 2.45) is 7.05 Å². The number of aryl methyl sites for hydroxylation is 1. The van der Waals surface area contributed by atoms with Crippen molar-refractivity contribution in [3.63, 3.8) is 0 Å². The van der Waals surface area contributed by atoms with Gasteiger partial charge in [-0.2, -0.15) is 5.10 Å². The third kappa shape index (κ3) is 4.06. The van der Waals surface area contributed by atoms with E-state index >= 15 is 0 Å². The maximum Gasteiger partial charge on any atom is 0.414 e. The van der Waals surface area contributed by atoms with E-state index in [9.17, 15) is 4.79 Å². The Morgan fingerprint density at radius 1 is 1.17 bits per heavy atom. The summed E-state index contributed by atoms with van der Waals surface area (Å²) in [5, 5.41) is 7.30. The lowest BCUT2D eigenvalue weighted by atomic mass is 10.1. The zero-order valence-corrected chi connectivity index (χ0v) is 17.0. The first kappa shape index (κ1) is 18.9. The Bertz CT molecular complexity index is 1050. The summed E-state index contributed by atoms with van der Waals surface area (Å²) in [7, 11) is 1.85. The van der Waals surface area contributed by atoms with Gasteiger partial charge in [0.1, 0.15) is 11.4 Å². The van der Waals surface area contributed by atoms with E-state index in [1.165, 1.54) is 0 Å². The number of amides is 1. The number of hydrogen-bond acceptors (Lipinski definition) is 6. The molecule has 1 aromatic carbocycles. The quantitative estimate of drug-likeness (QED) is 0.727. The summed E-state index contributed by atoms with van der Waals surface area (Å²) in [5.41, 5.74) is 3.27. The van der Waals surface area contributed by atoms with Crippen LogP contribution in [0.15, 0.2) is 42.7 Å². The average Bonchev–Trinajstić information content (AvgIpc) is 3.26. The molecule has 0 spiro atoms. The fourth-order valence-corrected chi connectivity index (χ4v) is 3.26. The van der Waals surface area contributed by atoms with Gasteiger partial charge in [0.2, 0.25) is 5.95 Å². The minimum Gasteiger partial charge on any atom is -0.443 e. The summed E-state index contributed by atoms with van der Waals surface area (Å²) in [6.45, 7) is 6.23. The van der Waals surface area contributed by atoms with Gasteiger partial charge in [-0.3, -0.25) is 9.58 Å². The number of ether oxygens (including phenoxy) is 1. The monoisotopic (exact) mass is 392 g/mol. The first-order chi connectivity index (χ1) is 13.8. The SMILES string of the molecule is Cn1nccc1Nc1nccc(-c2ccc3c(c2)CCN3C(=O)OC(C)(C)C)n1. The molecular weight excluding hydrogens is 368 g/mol. The fraction of sp³-hybridized carbons (Fsp3) is 0.333. The maximum absolute atomic E-state index is 12.5. The Balaban J connectivity index is 1.56. The smallest absolute Gasteiger partial charge is 0.414 e. The van der Waals surface area contributed by atoms with Gasteiger partial charge in [-0.05, 0) is 51.0 Å². The van der Waals surface area contributed by atoms with Crippen molar-refractivity contribution in [3.8, 4) is 11.3 Å². The minimum atomic E-state index is -0.516. The molecular formula is C21H24N6O2. The van der Waals surface area contributed by atoms with Crippen LogP contribution in [0.1, 0.15) is 26.3 Å². The average molecular weight is 392 g/mol. The van der Waals surface area contributed by atoms with Crippen LogP contribution in [0.3, 0.4) is 0 Å². The molecule has 0 bridgehead atoms. The summed E-state index contributed by atoms with van der Waals surface area (Å²) in [4.78, 5) is 23.1. The first-order valence-electron chi connectivity index (χ1n) is 9.52. The fourth-order valence-electron chi connectivity index (χ4n) is 3.26. The summed E-state index contributed by atoms with van der Waals surface area (Å²) < 4.78 is 7.24. The molecule has 0 saturated carbocycles. The molecule has 0 atom stereocenters. The second-order valence-electron chi connectivity index (χ2n) is 7.96. The number of carbonyl (C=O) groups excluding carboxylic acids is 1. The van der Waals surface area contributed by atoms with Gasteiger partial charge in [0, 0.05) is 31.4 Å². The standard InChI is InChI=1S/C21H24N6O2/c1-21(2,3)29-20(28)27-12-9-15-13-14(5-6-17(15)27)16-7-10-22-19(24-16)25-18-8-11-23-26(18)4/h5-8,10-11,13H,9,12H2,1-4H3,(H,22,24,25). The van der Waals surface area contributed by atoms with Crippen LogP contribution in [0.4, 0.5) is 22.2 Å². The maximum atomic E-state index is 12.5. The number of nitrogens with one attached hydrogen (secondary N) is 1. The van der Waals surface area contributed by atoms with Gasteiger partial charge >= 0.3 is 6.09 Å². The van der Waals surface area contributed by atoms with Crippen molar-refractivity contribution in [2.75, 3.05) is 16.8 Å². The predicted molar refractivity (Wildman–Crippen MR) is 111 cm³/mol. The zero-order chi connectivity index (χ0) is 20.6. The first-order valence-corrected chi connectivity index (χ1v) is 9.52. The third-order valence-corrected chi connectivity index (χ3v) is 4.60. The lowest BCUT2D eigenvalue weighted by Crippen LogP contribution is -2.35. The van der Waals surface area contributed by atoms with E-state index in [1.807, 2.05) is 52.1 Å². The molecule has 29 heavy (non-hydrogen) atoms. The number of nitrogens with zero attached hydrogens (tertiary/aromatic N) is 5. The third-order valence-electron chi connectivity index (χ3n) is 4.60. The molecule has 1 aliphatic rings. The summed E-state index contributed by atoms with van der Waals surface area (Å²) in [6.07, 6.45) is 3.91. The molecule has 4 rings (SSSR count). The van der Waals surface area contributed by atoms with Gasteiger partial charge < -0.3 is 10.1 Å². The van der Waals surface area contributed by atoms with E-state index < -0.39 is 5.60 Å². The van der Waals surface area contributed by atoms with Crippen molar-refractivity contribution in [2.45, 2.75) is 32.8 Å². The number of aromatic nitrogens is 4. The molecule has 0 saturated heterocycles. The molecule has 1 amide bonds. The topological polar surface area (TPSA) is 85.2 Å². The van der Waals surface area contributed by atoms with Crippen molar-refractivity contribution >= 4 is 23.5 Å². The molecule has 3 aromatic rings. The highest BCUT2D eigenvalue weighted by atomic mass is 16.6. The molecule has 8 nitrogen and oxygen atoms in total. The number of anilines is 3. The van der Waals surface area contributed by atoms with Crippen LogP contribution in [-0.4, -0.2) is 38.0 Å². The Labute approximate surface area is 169 Å². The van der Waals surface area contributed by atoms with Gasteiger partial charge in [0.25, 0.3) is 0 Å². The Morgan fingerprint density at radius 2 is 2.00 bits per heavy atom. The van der Waals surface area contributed by atoms with E-state index in [4.69, 9.17) is 4.74 Å². The Morgan fingerprint density at radius 3 is 2.72 bits per heavy atom. The normalized spacial score (nSPS) is 13.3. The zero-order valence-electron chi connectivity index (χ0n) is 17.0. The van der Waals surface area contributed by atoms with E-state index in [2.05, 4.69) is 26.4 Å². The van der Waals surface area contributed by atoms with Crippen LogP contribution < -0.4 is 10.2 Å². The molecule has 0 unspecified atom stereocenters. The molecule has 3 heterocycles. The highest BCUT2D eigenvalue weighted by Crippen LogP contribution is 2.33. The predicted octanol–water partition coefficient (Wildman–Crippen LogP) is 3.92. The van der Waals surface area contributed by atoms with Gasteiger partial charge in [0.15, 0.2) is 0 Å². The van der Waals surface area contributed by atoms with Crippen LogP contribution in [0.2, 0.25) is 0 Å². The summed E-state index contributed by atoms with van der Waals surface area (Å²) in [6, 6.07) is 9.74. The van der Waals surface area contributed by atoms with Crippen molar-refractivity contribution < 1.29 is 9.53 Å². The molecule has 8 heteroatoms. The van der Waals surface area contributed by atoms with Crippen molar-refractivity contribution in [1.82, 2.24) is 19.7 Å². The Hall–Kier alpha value is -3.42. The van der Waals surface area contributed by atoms with Crippen LogP contribution in [0.25, 0.3) is 11.3 Å². The molecule has 0 radical (unpaired) electrons. The highest BCUT2D eigenvalue weighted by Gasteiger charge is 2.29.